The normalized spacial score (nSPS) is 12.3. The van der Waals surface area contributed by atoms with E-state index < -0.39 is 0 Å². The zero-order chi connectivity index (χ0) is 38.9. The molecule has 0 spiro atoms. The molecular formula is C56H35NO2. The van der Waals surface area contributed by atoms with Crippen molar-refractivity contribution in [3.05, 3.63) is 212 Å². The molecule has 10 aromatic rings. The summed E-state index contributed by atoms with van der Waals surface area (Å²) in [6, 6.07) is 75.7. The second-order valence-electron chi connectivity index (χ2n) is 15.3. The van der Waals surface area contributed by atoms with E-state index in [-0.39, 0.29) is 0 Å². The van der Waals surface area contributed by atoms with Gasteiger partial charge in [-0.1, -0.05) is 164 Å². The monoisotopic (exact) mass is 753 g/mol. The fraction of sp³-hybridized carbons (Fsp3) is 0. The minimum absolute atomic E-state index is 0.751. The van der Waals surface area contributed by atoms with Gasteiger partial charge in [0.25, 0.3) is 0 Å². The largest absolute Gasteiger partial charge is 0.453 e. The Bertz CT molecular complexity index is 3290. The van der Waals surface area contributed by atoms with Crippen molar-refractivity contribution in [2.45, 2.75) is 0 Å². The third-order valence-corrected chi connectivity index (χ3v) is 11.8. The predicted octanol–water partition coefficient (Wildman–Crippen LogP) is 16.0. The lowest BCUT2D eigenvalue weighted by atomic mass is 9.91. The molecule has 0 N–H and O–H groups in total. The van der Waals surface area contributed by atoms with Crippen molar-refractivity contribution in [3.63, 3.8) is 0 Å². The van der Waals surface area contributed by atoms with Crippen LogP contribution >= 0.6 is 0 Å². The molecule has 3 heteroatoms. The highest BCUT2D eigenvalue weighted by molar-refractivity contribution is 5.98. The van der Waals surface area contributed by atoms with Gasteiger partial charge in [-0.2, -0.15) is 0 Å². The van der Waals surface area contributed by atoms with Crippen LogP contribution < -0.4 is 14.4 Å². The van der Waals surface area contributed by atoms with Crippen LogP contribution in [0.4, 0.5) is 17.1 Å². The topological polar surface area (TPSA) is 21.7 Å². The van der Waals surface area contributed by atoms with Gasteiger partial charge in [0.2, 0.25) is 0 Å². The first-order chi connectivity index (χ1) is 29.2. The van der Waals surface area contributed by atoms with Crippen LogP contribution in [0.3, 0.4) is 0 Å². The molecule has 0 aliphatic carbocycles. The first kappa shape index (κ1) is 33.3. The maximum absolute atomic E-state index is 6.99. The average molecular weight is 754 g/mol. The van der Waals surface area contributed by atoms with Crippen molar-refractivity contribution in [3.8, 4) is 78.6 Å². The number of anilines is 3. The van der Waals surface area contributed by atoms with E-state index in [2.05, 4.69) is 205 Å². The number of hydrogen-bond acceptors (Lipinski definition) is 3. The van der Waals surface area contributed by atoms with Crippen LogP contribution in [0.2, 0.25) is 0 Å². The van der Waals surface area contributed by atoms with Gasteiger partial charge < -0.3 is 9.47 Å². The van der Waals surface area contributed by atoms with E-state index in [1.807, 2.05) is 12.1 Å². The summed E-state index contributed by atoms with van der Waals surface area (Å²) in [5.74, 6) is 3.11. The lowest BCUT2D eigenvalue weighted by molar-refractivity contribution is 0.446. The molecule has 0 radical (unpaired) electrons. The quantitative estimate of drug-likeness (QED) is 0.175. The number of para-hydroxylation sites is 2. The number of rotatable bonds is 5. The van der Waals surface area contributed by atoms with Gasteiger partial charge >= 0.3 is 0 Å². The fourth-order valence-electron chi connectivity index (χ4n) is 8.94. The van der Waals surface area contributed by atoms with Gasteiger partial charge in [0, 0.05) is 0 Å². The summed E-state index contributed by atoms with van der Waals surface area (Å²) in [5, 5.41) is 4.95. The number of fused-ring (bicyclic) bond motifs is 6. The third-order valence-electron chi connectivity index (χ3n) is 11.8. The minimum Gasteiger partial charge on any atom is -0.453 e. The Morgan fingerprint density at radius 3 is 1.36 bits per heavy atom. The molecule has 2 aliphatic heterocycles. The first-order valence-corrected chi connectivity index (χ1v) is 20.1. The van der Waals surface area contributed by atoms with Crippen molar-refractivity contribution < 1.29 is 9.47 Å². The van der Waals surface area contributed by atoms with Crippen molar-refractivity contribution >= 4 is 38.6 Å². The second kappa shape index (κ2) is 13.4. The molecule has 0 saturated carbocycles. The highest BCUT2D eigenvalue weighted by Gasteiger charge is 2.35. The van der Waals surface area contributed by atoms with Crippen LogP contribution in [-0.4, -0.2) is 0 Å². The Morgan fingerprint density at radius 1 is 0.254 bits per heavy atom. The lowest BCUT2D eigenvalue weighted by Gasteiger charge is -2.38. The Kier molecular flexibility index (Phi) is 7.54. The summed E-state index contributed by atoms with van der Waals surface area (Å²) in [4.78, 5) is 2.29. The molecule has 59 heavy (non-hydrogen) atoms. The summed E-state index contributed by atoms with van der Waals surface area (Å²) in [7, 11) is 0. The van der Waals surface area contributed by atoms with Gasteiger partial charge in [-0.15, -0.1) is 0 Å². The maximum atomic E-state index is 6.99. The number of ether oxygens (including phenoxy) is 2. The zero-order valence-corrected chi connectivity index (χ0v) is 32.0. The molecule has 2 heterocycles. The Labute approximate surface area is 342 Å². The van der Waals surface area contributed by atoms with E-state index in [0.29, 0.717) is 0 Å². The van der Waals surface area contributed by atoms with Crippen LogP contribution in [0.25, 0.3) is 77.2 Å². The summed E-state index contributed by atoms with van der Waals surface area (Å²) in [6.07, 6.45) is 0. The summed E-state index contributed by atoms with van der Waals surface area (Å²) < 4.78 is 13.7. The standard InChI is InChI=1S/C56H35NO2/c1-3-13-40-31-42(27-23-36(40)11-1)38-21-25-39(26-22-38)46-15-5-8-18-49(46)45-34-54-56-55(35-45)59-53-33-44(29-30-51(53)57(56)50-19-9-10-20-52(50)58-54)48-17-7-6-16-47(48)43-28-24-37-12-2-4-14-41(37)32-43/h1-35H. The van der Waals surface area contributed by atoms with E-state index >= 15 is 0 Å². The molecular weight excluding hydrogens is 719 g/mol. The molecule has 0 bridgehead atoms. The molecule has 0 atom stereocenters. The van der Waals surface area contributed by atoms with Crippen LogP contribution in [0, 0.1) is 0 Å². The van der Waals surface area contributed by atoms with Crippen molar-refractivity contribution in [2.75, 3.05) is 4.90 Å². The first-order valence-electron chi connectivity index (χ1n) is 20.1. The summed E-state index contributed by atoms with van der Waals surface area (Å²) in [5.41, 5.74) is 14.3. The molecule has 0 aromatic heterocycles. The van der Waals surface area contributed by atoms with E-state index in [4.69, 9.17) is 9.47 Å². The van der Waals surface area contributed by atoms with Crippen LogP contribution in [0.5, 0.6) is 23.0 Å². The Morgan fingerprint density at radius 2 is 0.678 bits per heavy atom. The molecule has 0 fully saturated rings. The Balaban J connectivity index is 0.951. The Hall–Kier alpha value is -7.88. The second-order valence-corrected chi connectivity index (χ2v) is 15.3. The van der Waals surface area contributed by atoms with Crippen LogP contribution in [0.1, 0.15) is 0 Å². The molecule has 276 valence electrons. The van der Waals surface area contributed by atoms with Gasteiger partial charge in [0.1, 0.15) is 5.69 Å². The van der Waals surface area contributed by atoms with Crippen LogP contribution in [0.15, 0.2) is 212 Å². The zero-order valence-electron chi connectivity index (χ0n) is 32.0. The highest BCUT2D eigenvalue weighted by Crippen LogP contribution is 2.61. The number of hydrogen-bond donors (Lipinski definition) is 0. The molecule has 3 nitrogen and oxygen atoms in total. The van der Waals surface area contributed by atoms with Gasteiger partial charge in [-0.05, 0) is 126 Å². The van der Waals surface area contributed by atoms with E-state index in [0.717, 1.165) is 73.4 Å². The van der Waals surface area contributed by atoms with E-state index in [1.165, 1.54) is 43.8 Å². The SMILES string of the molecule is c1ccc2c(c1)Oc1cc(-c3ccccc3-c3ccc(-c4ccc5ccccc5c4)cc3)cc3c1N2c1ccc(-c2ccccc2-c2ccc4ccccc4c2)cc1O3. The van der Waals surface area contributed by atoms with Gasteiger partial charge in [0.05, 0.1) is 11.4 Å². The van der Waals surface area contributed by atoms with Gasteiger partial charge in [-0.25, -0.2) is 0 Å². The molecule has 0 unspecified atom stereocenters. The average Bonchev–Trinajstić information content (AvgIpc) is 3.31. The molecule has 0 amide bonds. The van der Waals surface area contributed by atoms with Gasteiger partial charge in [0.15, 0.2) is 23.0 Å². The van der Waals surface area contributed by atoms with E-state index in [9.17, 15) is 0 Å². The molecule has 10 aromatic carbocycles. The molecule has 0 saturated heterocycles. The summed E-state index contributed by atoms with van der Waals surface area (Å²) >= 11 is 0. The minimum atomic E-state index is 0.751. The van der Waals surface area contributed by atoms with E-state index in [1.54, 1.807) is 0 Å². The van der Waals surface area contributed by atoms with Crippen LogP contribution in [-0.2, 0) is 0 Å². The van der Waals surface area contributed by atoms with Crippen molar-refractivity contribution in [1.82, 2.24) is 0 Å². The smallest absolute Gasteiger partial charge is 0.156 e. The molecule has 12 rings (SSSR count). The van der Waals surface area contributed by atoms with Crippen molar-refractivity contribution in [1.29, 1.82) is 0 Å². The highest BCUT2D eigenvalue weighted by atomic mass is 16.5. The molecule has 2 aliphatic rings. The van der Waals surface area contributed by atoms with Gasteiger partial charge in [-0.3, -0.25) is 4.90 Å². The number of benzene rings is 10. The van der Waals surface area contributed by atoms with Crippen molar-refractivity contribution in [2.24, 2.45) is 0 Å². The lowest BCUT2D eigenvalue weighted by Crippen LogP contribution is -2.20. The predicted molar refractivity (Wildman–Crippen MR) is 243 cm³/mol. The maximum Gasteiger partial charge on any atom is 0.156 e. The fourth-order valence-corrected chi connectivity index (χ4v) is 8.94. The third kappa shape index (κ3) is 5.59. The number of nitrogens with zero attached hydrogens (tertiary/aromatic N) is 1. The summed E-state index contributed by atoms with van der Waals surface area (Å²) in [6.45, 7) is 0.